The molecule has 3 rings (SSSR count). The van der Waals surface area contributed by atoms with Crippen LogP contribution in [-0.4, -0.2) is 41.4 Å². The molecule has 180 valence electrons. The Labute approximate surface area is 199 Å². The third-order valence-electron chi connectivity index (χ3n) is 4.70. The highest BCUT2D eigenvalue weighted by atomic mass is 32.2. The molecule has 0 heterocycles. The molecule has 10 heteroatoms. The van der Waals surface area contributed by atoms with Crippen LogP contribution in [-0.2, 0) is 31.4 Å². The first-order valence-corrected chi connectivity index (χ1v) is 13.1. The van der Waals surface area contributed by atoms with Gasteiger partial charge in [0, 0.05) is 25.6 Å². The van der Waals surface area contributed by atoms with Gasteiger partial charge in [-0.05, 0) is 53.6 Å². The zero-order chi connectivity index (χ0) is 24.6. The van der Waals surface area contributed by atoms with E-state index in [1.54, 1.807) is 36.4 Å². The lowest BCUT2D eigenvalue weighted by Crippen LogP contribution is -2.32. The van der Waals surface area contributed by atoms with Crippen molar-refractivity contribution < 1.29 is 30.1 Å². The SMILES string of the molecule is COCCN(Cc1cccc(OS(=O)(=O)c2ccc(F)cc2)c1)S(=O)(=O)/C=C/c1ccccc1. The normalized spacial score (nSPS) is 12.3. The third-order valence-corrected chi connectivity index (χ3v) is 7.48. The molecule has 0 amide bonds. The topological polar surface area (TPSA) is 90.0 Å². The first-order valence-electron chi connectivity index (χ1n) is 10.2. The monoisotopic (exact) mass is 505 g/mol. The molecule has 0 spiro atoms. The molecule has 0 atom stereocenters. The molecule has 0 N–H and O–H groups in total. The fourth-order valence-corrected chi connectivity index (χ4v) is 5.06. The van der Waals surface area contributed by atoms with E-state index in [1.165, 1.54) is 29.6 Å². The van der Waals surface area contributed by atoms with Crippen molar-refractivity contribution in [2.75, 3.05) is 20.3 Å². The Morgan fingerprint density at radius 2 is 1.62 bits per heavy atom. The minimum Gasteiger partial charge on any atom is -0.383 e. The standard InChI is InChI=1S/C24H24FNO6S2/c1-31-16-15-26(33(27,28)17-14-20-6-3-2-4-7-20)19-21-8-5-9-23(18-21)32-34(29,30)24-12-10-22(25)11-13-24/h2-14,17-18H,15-16,19H2,1H3/b17-14+. The van der Waals surface area contributed by atoms with Gasteiger partial charge in [0.05, 0.1) is 6.61 Å². The van der Waals surface area contributed by atoms with E-state index in [1.807, 2.05) is 6.07 Å². The van der Waals surface area contributed by atoms with Gasteiger partial charge in [-0.1, -0.05) is 42.5 Å². The molecule has 0 fully saturated rings. The second kappa shape index (κ2) is 11.4. The van der Waals surface area contributed by atoms with Gasteiger partial charge in [-0.3, -0.25) is 0 Å². The van der Waals surface area contributed by atoms with E-state index in [0.29, 0.717) is 5.56 Å². The van der Waals surface area contributed by atoms with E-state index >= 15 is 0 Å². The molecular formula is C24H24FNO6S2. The van der Waals surface area contributed by atoms with Crippen LogP contribution < -0.4 is 4.18 Å². The van der Waals surface area contributed by atoms with Gasteiger partial charge in [-0.25, -0.2) is 12.8 Å². The van der Waals surface area contributed by atoms with Crippen LogP contribution in [0.25, 0.3) is 6.08 Å². The van der Waals surface area contributed by atoms with Gasteiger partial charge in [0.15, 0.2) is 0 Å². The average molecular weight is 506 g/mol. The second-order valence-corrected chi connectivity index (χ2v) is 10.6. The molecule has 0 unspecified atom stereocenters. The lowest BCUT2D eigenvalue weighted by molar-refractivity contribution is 0.178. The van der Waals surface area contributed by atoms with Crippen molar-refractivity contribution >= 4 is 26.2 Å². The lowest BCUT2D eigenvalue weighted by Gasteiger charge is -2.20. The van der Waals surface area contributed by atoms with Crippen LogP contribution in [0, 0.1) is 5.82 Å². The Hall–Kier alpha value is -3.05. The molecule has 0 aliphatic heterocycles. The molecule has 3 aromatic rings. The van der Waals surface area contributed by atoms with Crippen molar-refractivity contribution in [3.63, 3.8) is 0 Å². The van der Waals surface area contributed by atoms with Crippen LogP contribution in [0.5, 0.6) is 5.75 Å². The zero-order valence-electron chi connectivity index (χ0n) is 18.4. The summed E-state index contributed by atoms with van der Waals surface area (Å²) in [5.74, 6) is -0.564. The predicted octanol–water partition coefficient (Wildman–Crippen LogP) is 4.04. The molecule has 3 aromatic carbocycles. The quantitative estimate of drug-likeness (QED) is 0.366. The Balaban J connectivity index is 1.80. The molecule has 0 radical (unpaired) electrons. The molecule has 7 nitrogen and oxygen atoms in total. The maximum absolute atomic E-state index is 13.1. The molecular weight excluding hydrogens is 481 g/mol. The van der Waals surface area contributed by atoms with E-state index in [4.69, 9.17) is 8.92 Å². The van der Waals surface area contributed by atoms with Gasteiger partial charge in [-0.2, -0.15) is 12.7 Å². The van der Waals surface area contributed by atoms with Crippen LogP contribution >= 0.6 is 0 Å². The highest BCUT2D eigenvalue weighted by Crippen LogP contribution is 2.22. The number of ether oxygens (including phenoxy) is 1. The van der Waals surface area contributed by atoms with Crippen molar-refractivity contribution in [1.82, 2.24) is 4.31 Å². The first kappa shape index (κ1) is 25.6. The summed E-state index contributed by atoms with van der Waals surface area (Å²) in [5, 5.41) is 1.12. The average Bonchev–Trinajstić information content (AvgIpc) is 2.81. The van der Waals surface area contributed by atoms with Crippen LogP contribution in [0.2, 0.25) is 0 Å². The lowest BCUT2D eigenvalue weighted by atomic mass is 10.2. The molecule has 0 aliphatic carbocycles. The highest BCUT2D eigenvalue weighted by Gasteiger charge is 2.21. The van der Waals surface area contributed by atoms with E-state index in [-0.39, 0.29) is 30.3 Å². The molecule has 0 aliphatic rings. The molecule has 0 saturated carbocycles. The van der Waals surface area contributed by atoms with E-state index in [9.17, 15) is 21.2 Å². The maximum atomic E-state index is 13.1. The van der Waals surface area contributed by atoms with Crippen molar-refractivity contribution in [1.29, 1.82) is 0 Å². The van der Waals surface area contributed by atoms with Gasteiger partial charge < -0.3 is 8.92 Å². The predicted molar refractivity (Wildman–Crippen MR) is 127 cm³/mol. The molecule has 0 aromatic heterocycles. The van der Waals surface area contributed by atoms with Gasteiger partial charge in [0.1, 0.15) is 16.5 Å². The number of hydrogen-bond donors (Lipinski definition) is 0. The second-order valence-electron chi connectivity index (χ2n) is 7.22. The van der Waals surface area contributed by atoms with Crippen LogP contribution in [0.3, 0.4) is 0 Å². The summed E-state index contributed by atoms with van der Waals surface area (Å²) in [4.78, 5) is -0.199. The Morgan fingerprint density at radius 3 is 2.29 bits per heavy atom. The van der Waals surface area contributed by atoms with Crippen molar-refractivity contribution in [2.45, 2.75) is 11.4 Å². The summed E-state index contributed by atoms with van der Waals surface area (Å²) < 4.78 is 75.5. The van der Waals surface area contributed by atoms with E-state index < -0.39 is 26.0 Å². The molecule has 0 saturated heterocycles. The number of methoxy groups -OCH3 is 1. The number of benzene rings is 3. The first-order chi connectivity index (χ1) is 16.2. The number of rotatable bonds is 11. The van der Waals surface area contributed by atoms with Crippen LogP contribution in [0.15, 0.2) is 89.2 Å². The summed E-state index contributed by atoms with van der Waals surface area (Å²) in [7, 11) is -6.52. The van der Waals surface area contributed by atoms with Crippen LogP contribution in [0.4, 0.5) is 4.39 Å². The van der Waals surface area contributed by atoms with Gasteiger partial charge >= 0.3 is 10.1 Å². The summed E-state index contributed by atoms with van der Waals surface area (Å²) >= 11 is 0. The highest BCUT2D eigenvalue weighted by molar-refractivity contribution is 7.92. The Bertz CT molecular complexity index is 1330. The Morgan fingerprint density at radius 1 is 0.912 bits per heavy atom. The zero-order valence-corrected chi connectivity index (χ0v) is 20.0. The largest absolute Gasteiger partial charge is 0.383 e. The number of hydrogen-bond acceptors (Lipinski definition) is 6. The summed E-state index contributed by atoms with van der Waals surface area (Å²) in [6.07, 6.45) is 1.50. The fraction of sp³-hybridized carbons (Fsp3) is 0.167. The summed E-state index contributed by atoms with van der Waals surface area (Å²) in [6, 6.07) is 19.4. The van der Waals surface area contributed by atoms with E-state index in [0.717, 1.165) is 35.2 Å². The molecule has 0 bridgehead atoms. The van der Waals surface area contributed by atoms with Crippen LogP contribution in [0.1, 0.15) is 11.1 Å². The summed E-state index contributed by atoms with van der Waals surface area (Å²) in [5.41, 5.74) is 1.25. The summed E-state index contributed by atoms with van der Waals surface area (Å²) in [6.45, 7) is 0.239. The van der Waals surface area contributed by atoms with Crippen molar-refractivity contribution in [2.24, 2.45) is 0 Å². The Kier molecular flexibility index (Phi) is 8.56. The smallest absolute Gasteiger partial charge is 0.339 e. The van der Waals surface area contributed by atoms with Crippen molar-refractivity contribution in [3.8, 4) is 5.75 Å². The van der Waals surface area contributed by atoms with Gasteiger partial charge in [0.25, 0.3) is 0 Å². The maximum Gasteiger partial charge on any atom is 0.339 e. The van der Waals surface area contributed by atoms with Crippen molar-refractivity contribution in [3.05, 3.63) is 101 Å². The number of halogens is 1. The van der Waals surface area contributed by atoms with Gasteiger partial charge in [-0.15, -0.1) is 0 Å². The minimum atomic E-state index is -4.19. The number of sulfonamides is 1. The number of nitrogens with zero attached hydrogens (tertiary/aromatic N) is 1. The van der Waals surface area contributed by atoms with E-state index in [2.05, 4.69) is 0 Å². The third kappa shape index (κ3) is 7.22. The minimum absolute atomic E-state index is 0.00532. The van der Waals surface area contributed by atoms with Gasteiger partial charge in [0.2, 0.25) is 10.0 Å². The fourth-order valence-electron chi connectivity index (χ4n) is 2.98. The molecule has 34 heavy (non-hydrogen) atoms.